The first kappa shape index (κ1) is 13.2. The third-order valence-corrected chi connectivity index (χ3v) is 2.93. The Kier molecular flexibility index (Phi) is 5.01. The van der Waals surface area contributed by atoms with Crippen LogP contribution in [0.15, 0.2) is 54.6 Å². The fourth-order valence-corrected chi connectivity index (χ4v) is 1.91. The molecule has 19 heavy (non-hydrogen) atoms. The van der Waals surface area contributed by atoms with Crippen LogP contribution in [0.4, 0.5) is 0 Å². The van der Waals surface area contributed by atoms with Crippen LogP contribution >= 0.6 is 0 Å². The van der Waals surface area contributed by atoms with Crippen LogP contribution in [0.3, 0.4) is 0 Å². The van der Waals surface area contributed by atoms with Gasteiger partial charge in [0.1, 0.15) is 5.75 Å². The number of nitrogens with zero attached hydrogens (tertiary/aromatic N) is 1. The highest BCUT2D eigenvalue weighted by Gasteiger charge is 1.96. The minimum atomic E-state index is 0.453. The zero-order chi connectivity index (χ0) is 13.3. The molecule has 2 aromatic carbocycles. The second-order valence-electron chi connectivity index (χ2n) is 4.42. The summed E-state index contributed by atoms with van der Waals surface area (Å²) in [4.78, 5) is 0. The topological polar surface area (TPSA) is 33.0 Å². The largest absolute Gasteiger partial charge is 0.494 e. The van der Waals surface area contributed by atoms with Gasteiger partial charge in [0.2, 0.25) is 0 Å². The Bertz CT molecular complexity index is 525. The van der Waals surface area contributed by atoms with E-state index in [-0.39, 0.29) is 0 Å². The molecule has 2 aromatic rings. The van der Waals surface area contributed by atoms with Crippen molar-refractivity contribution in [2.45, 2.75) is 19.3 Å². The van der Waals surface area contributed by atoms with E-state index in [1.54, 1.807) is 0 Å². The van der Waals surface area contributed by atoms with Gasteiger partial charge in [0.15, 0.2) is 0 Å². The standard InChI is InChI=1S/C17H17NO/c18-13-12-16-8-10-17(11-9-16)19-14-4-7-15-5-2-1-3-6-15/h1-3,5-6,8-11H,4,7,12,14H2. The lowest BCUT2D eigenvalue weighted by molar-refractivity contribution is 0.311. The summed E-state index contributed by atoms with van der Waals surface area (Å²) in [5.41, 5.74) is 2.37. The SMILES string of the molecule is N#CCc1ccc(OCCCc2ccccc2)cc1. The Morgan fingerprint density at radius 2 is 1.63 bits per heavy atom. The van der Waals surface area contributed by atoms with Gasteiger partial charge < -0.3 is 4.74 Å². The van der Waals surface area contributed by atoms with Crippen molar-refractivity contribution in [3.63, 3.8) is 0 Å². The Morgan fingerprint density at radius 3 is 2.32 bits per heavy atom. The lowest BCUT2D eigenvalue weighted by Gasteiger charge is -2.06. The molecule has 2 rings (SSSR count). The maximum atomic E-state index is 8.59. The van der Waals surface area contributed by atoms with Crippen LogP contribution in [0.1, 0.15) is 17.5 Å². The molecule has 0 aromatic heterocycles. The summed E-state index contributed by atoms with van der Waals surface area (Å²) in [5, 5.41) is 8.59. The second kappa shape index (κ2) is 7.23. The first-order valence-electron chi connectivity index (χ1n) is 6.51. The normalized spacial score (nSPS) is 9.84. The van der Waals surface area contributed by atoms with E-state index >= 15 is 0 Å². The molecule has 0 aliphatic heterocycles. The van der Waals surface area contributed by atoms with Gasteiger partial charge in [-0.1, -0.05) is 42.5 Å². The first-order valence-corrected chi connectivity index (χ1v) is 6.51. The van der Waals surface area contributed by atoms with E-state index in [1.807, 2.05) is 30.3 Å². The summed E-state index contributed by atoms with van der Waals surface area (Å²) in [6.07, 6.45) is 2.49. The lowest BCUT2D eigenvalue weighted by atomic mass is 10.1. The van der Waals surface area contributed by atoms with Crippen LogP contribution in [0.25, 0.3) is 0 Å². The van der Waals surface area contributed by atoms with Crippen molar-refractivity contribution in [2.75, 3.05) is 6.61 Å². The fraction of sp³-hybridized carbons (Fsp3) is 0.235. The zero-order valence-electron chi connectivity index (χ0n) is 10.9. The quantitative estimate of drug-likeness (QED) is 0.732. The van der Waals surface area contributed by atoms with E-state index in [0.717, 1.165) is 24.2 Å². The van der Waals surface area contributed by atoms with Crippen LogP contribution in [-0.2, 0) is 12.8 Å². The van der Waals surface area contributed by atoms with Crippen molar-refractivity contribution in [3.05, 3.63) is 65.7 Å². The summed E-state index contributed by atoms with van der Waals surface area (Å²) < 4.78 is 5.68. The number of hydrogen-bond donors (Lipinski definition) is 0. The molecule has 0 saturated heterocycles. The van der Waals surface area contributed by atoms with Crippen LogP contribution in [-0.4, -0.2) is 6.61 Å². The predicted molar refractivity (Wildman–Crippen MR) is 76.0 cm³/mol. The van der Waals surface area contributed by atoms with Crippen molar-refractivity contribution in [3.8, 4) is 11.8 Å². The summed E-state index contributed by atoms with van der Waals surface area (Å²) in [6, 6.07) is 20.3. The van der Waals surface area contributed by atoms with E-state index in [9.17, 15) is 0 Å². The van der Waals surface area contributed by atoms with Crippen molar-refractivity contribution in [1.82, 2.24) is 0 Å². The van der Waals surface area contributed by atoms with Gasteiger partial charge in [0, 0.05) is 0 Å². The Labute approximate surface area is 114 Å². The summed E-state index contributed by atoms with van der Waals surface area (Å²) >= 11 is 0. The molecule has 0 N–H and O–H groups in total. The molecule has 0 bridgehead atoms. The van der Waals surface area contributed by atoms with Gasteiger partial charge in [0.25, 0.3) is 0 Å². The molecule has 0 amide bonds. The molecule has 0 radical (unpaired) electrons. The van der Waals surface area contributed by atoms with E-state index < -0.39 is 0 Å². The van der Waals surface area contributed by atoms with Gasteiger partial charge in [-0.15, -0.1) is 0 Å². The molecular formula is C17H17NO. The number of benzene rings is 2. The summed E-state index contributed by atoms with van der Waals surface area (Å²) in [7, 11) is 0. The Balaban J connectivity index is 1.72. The Morgan fingerprint density at radius 1 is 0.895 bits per heavy atom. The Hall–Kier alpha value is -2.27. The van der Waals surface area contributed by atoms with E-state index in [0.29, 0.717) is 13.0 Å². The molecule has 2 nitrogen and oxygen atoms in total. The minimum Gasteiger partial charge on any atom is -0.494 e. The van der Waals surface area contributed by atoms with Crippen LogP contribution < -0.4 is 4.74 Å². The highest BCUT2D eigenvalue weighted by atomic mass is 16.5. The van der Waals surface area contributed by atoms with Gasteiger partial charge in [-0.3, -0.25) is 0 Å². The van der Waals surface area contributed by atoms with Crippen LogP contribution in [0, 0.1) is 11.3 Å². The molecule has 0 unspecified atom stereocenters. The molecule has 0 atom stereocenters. The summed E-state index contributed by atoms with van der Waals surface area (Å²) in [6.45, 7) is 0.715. The van der Waals surface area contributed by atoms with E-state index in [2.05, 4.69) is 30.3 Å². The molecule has 0 fully saturated rings. The van der Waals surface area contributed by atoms with Crippen molar-refractivity contribution in [2.24, 2.45) is 0 Å². The number of hydrogen-bond acceptors (Lipinski definition) is 2. The zero-order valence-corrected chi connectivity index (χ0v) is 10.9. The number of rotatable bonds is 6. The molecule has 0 aliphatic carbocycles. The van der Waals surface area contributed by atoms with Gasteiger partial charge in [-0.25, -0.2) is 0 Å². The average molecular weight is 251 g/mol. The molecule has 0 spiro atoms. The highest BCUT2D eigenvalue weighted by molar-refractivity contribution is 5.28. The van der Waals surface area contributed by atoms with Crippen LogP contribution in [0.2, 0.25) is 0 Å². The third kappa shape index (κ3) is 4.48. The molecule has 0 heterocycles. The number of nitriles is 1. The van der Waals surface area contributed by atoms with Gasteiger partial charge in [-0.05, 0) is 36.1 Å². The lowest BCUT2D eigenvalue weighted by Crippen LogP contribution is -1.99. The van der Waals surface area contributed by atoms with E-state index in [4.69, 9.17) is 10.00 Å². The molecule has 96 valence electrons. The van der Waals surface area contributed by atoms with Gasteiger partial charge in [0.05, 0.1) is 19.1 Å². The smallest absolute Gasteiger partial charge is 0.119 e. The fourth-order valence-electron chi connectivity index (χ4n) is 1.91. The first-order chi connectivity index (χ1) is 9.38. The number of ether oxygens (including phenoxy) is 1. The average Bonchev–Trinajstić information content (AvgIpc) is 2.47. The molecular weight excluding hydrogens is 234 g/mol. The maximum Gasteiger partial charge on any atom is 0.119 e. The molecule has 2 heteroatoms. The van der Waals surface area contributed by atoms with Crippen LogP contribution in [0.5, 0.6) is 5.75 Å². The van der Waals surface area contributed by atoms with Gasteiger partial charge in [-0.2, -0.15) is 5.26 Å². The van der Waals surface area contributed by atoms with E-state index in [1.165, 1.54) is 5.56 Å². The highest BCUT2D eigenvalue weighted by Crippen LogP contribution is 2.13. The predicted octanol–water partition coefficient (Wildman–Crippen LogP) is 3.76. The van der Waals surface area contributed by atoms with Gasteiger partial charge >= 0.3 is 0 Å². The van der Waals surface area contributed by atoms with Crippen molar-refractivity contribution >= 4 is 0 Å². The number of aryl methyl sites for hydroxylation is 1. The minimum absolute atomic E-state index is 0.453. The summed E-state index contributed by atoms with van der Waals surface area (Å²) in [5.74, 6) is 0.870. The van der Waals surface area contributed by atoms with Crippen molar-refractivity contribution < 1.29 is 4.74 Å². The molecule has 0 saturated carbocycles. The second-order valence-corrected chi connectivity index (χ2v) is 4.42. The monoisotopic (exact) mass is 251 g/mol. The van der Waals surface area contributed by atoms with Crippen molar-refractivity contribution in [1.29, 1.82) is 5.26 Å². The third-order valence-electron chi connectivity index (χ3n) is 2.93. The maximum absolute atomic E-state index is 8.59. The molecule has 0 aliphatic rings.